The SMILES string of the molecule is CC(C)=NOCc1c(F)cccc1C(=O)O.CC(C)=NOCc1c(N=C=O)cccc1C(F)F.CC(C)=NOCc1c(N=C=O)cccc1C1CC1.CCC(C)=NOCc1c(CC)cccc1N=C=O.CCC(C)=NOCc1c(F)cccc1C(=O)O.CCC(C)=NOCc1c(N=C=O)cccc1C(F)F.CCC(C)=NOCc1c(N=C=O)cccc1C1CC1.CCc1cccc(N=C=O)c1CON=C(C)C. The molecule has 142 heavy (non-hydrogen) atoms. The lowest BCUT2D eigenvalue weighted by atomic mass is 10.0. The molecule has 0 heterocycles. The van der Waals surface area contributed by atoms with Crippen LogP contribution in [0.2, 0.25) is 0 Å². The van der Waals surface area contributed by atoms with Gasteiger partial charge in [0.2, 0.25) is 36.5 Å². The molecule has 8 aromatic carbocycles. The molecule has 2 fully saturated rings. The Hall–Kier alpha value is -15.7. The molecule has 0 atom stereocenters. The summed E-state index contributed by atoms with van der Waals surface area (Å²) in [6, 6.07) is 38.8. The fourth-order valence-electron chi connectivity index (χ4n) is 11.9. The normalized spacial score (nSPS) is 11.5. The molecule has 8 aromatic rings. The van der Waals surface area contributed by atoms with E-state index in [0.29, 0.717) is 78.9 Å². The number of carbonyl (C=O) groups excluding carboxylic acids is 6. The minimum atomic E-state index is -2.67. The van der Waals surface area contributed by atoms with Crippen LogP contribution < -0.4 is 0 Å². The van der Waals surface area contributed by atoms with Crippen molar-refractivity contribution in [1.29, 1.82) is 0 Å². The largest absolute Gasteiger partial charge is 0.478 e. The highest BCUT2D eigenvalue weighted by Crippen LogP contribution is 2.45. The Labute approximate surface area is 821 Å². The van der Waals surface area contributed by atoms with Crippen LogP contribution in [-0.2, 0) is 133 Å². The zero-order chi connectivity index (χ0) is 105. The lowest BCUT2D eigenvalue weighted by Gasteiger charge is -2.10. The van der Waals surface area contributed by atoms with E-state index in [4.69, 9.17) is 48.9 Å². The Morgan fingerprint density at radius 1 is 0.303 bits per heavy atom. The maximum absolute atomic E-state index is 13.4. The van der Waals surface area contributed by atoms with E-state index in [1.54, 1.807) is 84.1 Å². The lowest BCUT2D eigenvalue weighted by Crippen LogP contribution is -2.06. The first-order valence-corrected chi connectivity index (χ1v) is 45.0. The van der Waals surface area contributed by atoms with Crippen molar-refractivity contribution in [3.05, 3.63) is 246 Å². The van der Waals surface area contributed by atoms with Crippen LogP contribution in [0.1, 0.15) is 299 Å². The molecule has 32 nitrogen and oxygen atoms in total. The van der Waals surface area contributed by atoms with Crippen molar-refractivity contribution >= 4 is 128 Å². The van der Waals surface area contributed by atoms with Crippen LogP contribution in [0.3, 0.4) is 0 Å². The number of aromatic carboxylic acids is 2. The lowest BCUT2D eigenvalue weighted by molar-refractivity contribution is 0.0676. The van der Waals surface area contributed by atoms with E-state index in [-0.39, 0.29) is 82.3 Å². The van der Waals surface area contributed by atoms with Gasteiger partial charge in [0.1, 0.15) is 64.5 Å². The highest BCUT2D eigenvalue weighted by molar-refractivity contribution is 5.90. The van der Waals surface area contributed by atoms with Crippen LogP contribution in [0.5, 0.6) is 0 Å². The molecule has 2 saturated carbocycles. The van der Waals surface area contributed by atoms with Gasteiger partial charge in [0, 0.05) is 55.6 Å². The third kappa shape index (κ3) is 45.3. The van der Waals surface area contributed by atoms with Gasteiger partial charge in [-0.2, -0.15) is 30.0 Å². The number of carbonyl (C=O) groups is 2. The number of aryl methyl sites for hydroxylation is 2. The number of oxime groups is 8. The summed E-state index contributed by atoms with van der Waals surface area (Å²) >= 11 is 0. The highest BCUT2D eigenvalue weighted by Gasteiger charge is 2.29. The average Bonchev–Trinajstić information content (AvgIpc) is 1.66. The zero-order valence-electron chi connectivity index (χ0n) is 82.8. The van der Waals surface area contributed by atoms with Crippen LogP contribution in [0, 0.1) is 11.6 Å². The number of nitrogens with zero attached hydrogens (tertiary/aromatic N) is 14. The molecular formula is C104H120F6N14O18. The van der Waals surface area contributed by atoms with Crippen LogP contribution in [0.4, 0.5) is 60.5 Å². The Kier molecular flexibility index (Phi) is 58.0. The summed E-state index contributed by atoms with van der Waals surface area (Å²) in [7, 11) is 0. The number of carboxylic acids is 2. The third-order valence-corrected chi connectivity index (χ3v) is 19.8. The monoisotopic (exact) mass is 1970 g/mol. The van der Waals surface area contributed by atoms with Crippen molar-refractivity contribution in [1.82, 2.24) is 0 Å². The second-order valence-corrected chi connectivity index (χ2v) is 31.5. The van der Waals surface area contributed by atoms with Gasteiger partial charge in [-0.15, -0.1) is 0 Å². The number of rotatable bonds is 42. The quantitative estimate of drug-likeness (QED) is 0.0155. The molecule has 2 aliphatic rings. The van der Waals surface area contributed by atoms with E-state index in [1.807, 2.05) is 126 Å². The highest BCUT2D eigenvalue weighted by atomic mass is 19.3. The van der Waals surface area contributed by atoms with Crippen LogP contribution in [0.25, 0.3) is 0 Å². The number of carboxylic acid groups (broad SMARTS) is 2. The van der Waals surface area contributed by atoms with Crippen molar-refractivity contribution in [3.8, 4) is 0 Å². The van der Waals surface area contributed by atoms with E-state index >= 15 is 0 Å². The van der Waals surface area contributed by atoms with Crippen molar-refractivity contribution < 1.29 is 114 Å². The third-order valence-electron chi connectivity index (χ3n) is 19.8. The smallest absolute Gasteiger partial charge is 0.336 e. The number of hydrogen-bond acceptors (Lipinski definition) is 30. The van der Waals surface area contributed by atoms with Gasteiger partial charge in [0.15, 0.2) is 0 Å². The summed E-state index contributed by atoms with van der Waals surface area (Å²) < 4.78 is 78.1. The predicted molar refractivity (Wildman–Crippen MR) is 532 cm³/mol. The van der Waals surface area contributed by atoms with E-state index in [1.165, 1.54) is 122 Å². The fraction of sp³-hybridized carbons (Fsp3) is 0.385. The molecule has 0 unspecified atom stereocenters. The Balaban J connectivity index is 0.000000417. The number of alkyl halides is 4. The average molecular weight is 1970 g/mol. The van der Waals surface area contributed by atoms with Gasteiger partial charge in [-0.3, -0.25) is 0 Å². The number of aliphatic imine (C=N–C) groups is 6. The minimum absolute atomic E-state index is 0.000000000000000444. The molecule has 2 aliphatic carbocycles. The summed E-state index contributed by atoms with van der Waals surface area (Å²) in [5.74, 6) is -2.42. The molecule has 38 heteroatoms. The van der Waals surface area contributed by atoms with Gasteiger partial charge >= 0.3 is 11.9 Å². The maximum Gasteiger partial charge on any atom is 0.336 e. The molecule has 0 radical (unpaired) electrons. The first-order valence-electron chi connectivity index (χ1n) is 45.0. The summed E-state index contributed by atoms with van der Waals surface area (Å²) in [5.41, 5.74) is 17.1. The van der Waals surface area contributed by atoms with Crippen molar-refractivity contribution in [3.63, 3.8) is 0 Å². The molecule has 0 spiro atoms. The Morgan fingerprint density at radius 3 is 0.754 bits per heavy atom. The molecule has 10 rings (SSSR count). The summed E-state index contributed by atoms with van der Waals surface area (Å²) in [5, 5.41) is 48.3. The van der Waals surface area contributed by atoms with E-state index in [9.17, 15) is 64.7 Å². The first-order chi connectivity index (χ1) is 68.1. The second-order valence-electron chi connectivity index (χ2n) is 31.5. The molecule has 0 bridgehead atoms. The zero-order valence-corrected chi connectivity index (χ0v) is 82.8. The fourth-order valence-corrected chi connectivity index (χ4v) is 11.9. The molecule has 0 aliphatic heterocycles. The van der Waals surface area contributed by atoms with Gasteiger partial charge < -0.3 is 48.9 Å². The van der Waals surface area contributed by atoms with Gasteiger partial charge in [0.25, 0.3) is 12.9 Å². The van der Waals surface area contributed by atoms with Gasteiger partial charge in [-0.05, 0) is 242 Å². The molecule has 2 N–H and O–H groups in total. The number of benzene rings is 8. The van der Waals surface area contributed by atoms with Gasteiger partial charge in [-0.1, -0.05) is 168 Å². The number of isocyanates is 6. The van der Waals surface area contributed by atoms with Crippen LogP contribution >= 0.6 is 0 Å². The Morgan fingerprint density at radius 2 is 0.521 bits per heavy atom. The van der Waals surface area contributed by atoms with E-state index in [0.717, 1.165) is 99.8 Å². The summed E-state index contributed by atoms with van der Waals surface area (Å²) in [6.07, 6.45) is 13.3. The van der Waals surface area contributed by atoms with Gasteiger partial charge in [0.05, 0.1) is 90.9 Å². The molecular weight excluding hydrogens is 1850 g/mol. The van der Waals surface area contributed by atoms with E-state index < -0.39 is 36.4 Å². The van der Waals surface area contributed by atoms with Crippen molar-refractivity contribution in [2.45, 2.75) is 266 Å². The Bertz CT molecular complexity index is 5830. The molecule has 0 saturated heterocycles. The number of halogens is 6. The summed E-state index contributed by atoms with van der Waals surface area (Å²) in [6.45, 7) is 34.3. The molecule has 756 valence electrons. The maximum atomic E-state index is 13.4. The van der Waals surface area contributed by atoms with E-state index in [2.05, 4.69) is 83.3 Å². The standard InChI is InChI=1S/C15H18N2O2.C14H16N2O2.C14H18N2O2.C13H14F2N2O2.C13H16N2O2.C12H12F2N2O2.C12H14FNO3.C11H12FNO3/c1-3-11(2)17-19-9-14-13(12-7-8-12)5-4-6-15(14)16-10-18;1-10(2)16-18-8-13-12(11-6-7-11)4-3-5-14(13)15-9-17;1-4-11(3)16-18-9-13-12(5-2)7-6-8-14(13)15-10-17;1-3-9(2)17-19-7-11-10(13(14)15)5-4-6-12(11)16-8-18;1-4-11-6-5-7-13(14-9-16)12(11)8-17-15-10(2)3;1-8(2)16-18-6-10-9(12(13)14)4-3-5-11(10)15-7-17;1-3-8(2)14-17-7-10-9(12(15)16)5-4-6-11(10)13;1-7(2)13-16-6-9-8(11(14)15)4-3-5-10(9)12/h4-6,12H,3,7-9H2,1-2H3;3-5,11H,6-8H2,1-2H3;6-8H,4-5,9H2,1-3H3;4-6,13H,3,7H2,1-2H3;5-7H,4,8H2,1-3H3;3-5,12H,6H2,1-2H3;4-6H,3,7H2,1-2H3,(H,15,16);3-5H,6H2,1-2H3,(H,14,15). The molecule has 0 amide bonds. The van der Waals surface area contributed by atoms with Crippen LogP contribution in [0.15, 0.2) is 217 Å². The second kappa shape index (κ2) is 68.4. The van der Waals surface area contributed by atoms with Crippen LogP contribution in [-0.4, -0.2) is 104 Å². The molecule has 0 aromatic heterocycles. The minimum Gasteiger partial charge on any atom is -0.478 e. The topological polar surface area (TPSA) is 424 Å². The summed E-state index contributed by atoms with van der Waals surface area (Å²) in [4.78, 5) is 146. The number of hydrogen-bond donors (Lipinski definition) is 2. The van der Waals surface area contributed by atoms with Crippen molar-refractivity contribution in [2.75, 3.05) is 0 Å². The predicted octanol–water partition coefficient (Wildman–Crippen LogP) is 26.6. The first kappa shape index (κ1) is 120. The van der Waals surface area contributed by atoms with Gasteiger partial charge in [-0.25, -0.2) is 64.7 Å². The van der Waals surface area contributed by atoms with Crippen molar-refractivity contribution in [2.24, 2.45) is 71.2 Å².